The van der Waals surface area contributed by atoms with E-state index in [-0.39, 0.29) is 24.4 Å². The fourth-order valence-electron chi connectivity index (χ4n) is 2.93. The topological polar surface area (TPSA) is 49.4 Å². The van der Waals surface area contributed by atoms with Crippen LogP contribution >= 0.6 is 22.9 Å². The van der Waals surface area contributed by atoms with Gasteiger partial charge >= 0.3 is 0 Å². The third-order valence-corrected chi connectivity index (χ3v) is 5.24. The normalized spacial score (nSPS) is 17.2. The second-order valence-corrected chi connectivity index (χ2v) is 7.24. The molecule has 1 aromatic carbocycles. The summed E-state index contributed by atoms with van der Waals surface area (Å²) in [7, 11) is 0. The van der Waals surface area contributed by atoms with Crippen LogP contribution in [0.3, 0.4) is 0 Å². The van der Waals surface area contributed by atoms with Crippen LogP contribution in [0.4, 0.5) is 5.69 Å². The summed E-state index contributed by atoms with van der Waals surface area (Å²) < 4.78 is 0. The van der Waals surface area contributed by atoms with Crippen LogP contribution in [0.15, 0.2) is 35.7 Å². The van der Waals surface area contributed by atoms with Gasteiger partial charge < -0.3 is 10.2 Å². The Hall–Kier alpha value is -1.85. The standard InChI is InChI=1S/C18H19ClN2O2S/c1-2-3-6-17(23)21-11-16(22)20-14-8-7-12(19)10-13(14)18(21)15-5-4-9-24-15/h4-5,7-10,18H,2-3,6,11H2,1H3,(H,20,22). The summed E-state index contributed by atoms with van der Waals surface area (Å²) in [5, 5.41) is 5.47. The molecular weight excluding hydrogens is 344 g/mol. The van der Waals surface area contributed by atoms with Crippen LogP contribution in [0.1, 0.15) is 42.7 Å². The molecular formula is C18H19ClN2O2S. The van der Waals surface area contributed by atoms with Gasteiger partial charge in [0.15, 0.2) is 0 Å². The number of anilines is 1. The molecule has 6 heteroatoms. The number of hydrogen-bond donors (Lipinski definition) is 1. The van der Waals surface area contributed by atoms with Crippen molar-refractivity contribution in [2.75, 3.05) is 11.9 Å². The molecule has 1 atom stereocenters. The summed E-state index contributed by atoms with van der Waals surface area (Å²) >= 11 is 7.77. The van der Waals surface area contributed by atoms with Gasteiger partial charge in [0.05, 0.1) is 6.04 Å². The third-order valence-electron chi connectivity index (χ3n) is 4.09. The van der Waals surface area contributed by atoms with Crippen LogP contribution in [0, 0.1) is 0 Å². The van der Waals surface area contributed by atoms with E-state index in [2.05, 4.69) is 5.32 Å². The summed E-state index contributed by atoms with van der Waals surface area (Å²) in [5.74, 6) is -0.180. The van der Waals surface area contributed by atoms with E-state index in [9.17, 15) is 9.59 Å². The molecule has 126 valence electrons. The molecule has 1 aliphatic rings. The number of nitrogens with zero attached hydrogens (tertiary/aromatic N) is 1. The number of thiophene rings is 1. The Morgan fingerprint density at radius 2 is 2.25 bits per heavy atom. The van der Waals surface area contributed by atoms with Crippen LogP contribution < -0.4 is 5.32 Å². The van der Waals surface area contributed by atoms with Crippen molar-refractivity contribution >= 4 is 40.4 Å². The summed E-state index contributed by atoms with van der Waals surface area (Å²) in [6.45, 7) is 2.10. The molecule has 2 amide bonds. The van der Waals surface area contributed by atoms with Gasteiger partial charge in [-0.2, -0.15) is 0 Å². The van der Waals surface area contributed by atoms with Gasteiger partial charge in [0.1, 0.15) is 6.54 Å². The van der Waals surface area contributed by atoms with E-state index in [1.54, 1.807) is 28.4 Å². The maximum Gasteiger partial charge on any atom is 0.244 e. The Labute approximate surface area is 150 Å². The van der Waals surface area contributed by atoms with Crippen LogP contribution in [-0.2, 0) is 9.59 Å². The molecule has 0 spiro atoms. The molecule has 2 aromatic rings. The Kier molecular flexibility index (Phi) is 5.21. The zero-order chi connectivity index (χ0) is 17.1. The minimum absolute atomic E-state index is 0.00164. The van der Waals surface area contributed by atoms with Crippen molar-refractivity contribution in [2.24, 2.45) is 0 Å². The van der Waals surface area contributed by atoms with E-state index in [0.29, 0.717) is 17.1 Å². The monoisotopic (exact) mass is 362 g/mol. The predicted octanol–water partition coefficient (Wildman–Crippen LogP) is 4.46. The quantitative estimate of drug-likeness (QED) is 0.872. The number of unbranched alkanes of at least 4 members (excludes halogenated alkanes) is 1. The molecule has 0 aliphatic carbocycles. The van der Waals surface area contributed by atoms with Crippen molar-refractivity contribution in [3.8, 4) is 0 Å². The molecule has 0 fully saturated rings. The summed E-state index contributed by atoms with van der Waals surface area (Å²) in [6, 6.07) is 9.06. The van der Waals surface area contributed by atoms with E-state index in [1.807, 2.05) is 30.5 Å². The fourth-order valence-corrected chi connectivity index (χ4v) is 3.97. The maximum absolute atomic E-state index is 12.8. The minimum atomic E-state index is -0.290. The first-order chi connectivity index (χ1) is 11.6. The minimum Gasteiger partial charge on any atom is -0.324 e. The Morgan fingerprint density at radius 1 is 1.42 bits per heavy atom. The largest absolute Gasteiger partial charge is 0.324 e. The van der Waals surface area contributed by atoms with Gasteiger partial charge in [-0.25, -0.2) is 0 Å². The smallest absolute Gasteiger partial charge is 0.244 e. The molecule has 0 saturated carbocycles. The summed E-state index contributed by atoms with van der Waals surface area (Å²) in [6.07, 6.45) is 2.20. The second-order valence-electron chi connectivity index (χ2n) is 5.82. The highest BCUT2D eigenvalue weighted by atomic mass is 35.5. The van der Waals surface area contributed by atoms with Crippen molar-refractivity contribution in [1.82, 2.24) is 4.90 Å². The van der Waals surface area contributed by atoms with E-state index in [1.165, 1.54) is 0 Å². The van der Waals surface area contributed by atoms with Gasteiger partial charge in [0, 0.05) is 27.6 Å². The lowest BCUT2D eigenvalue weighted by Gasteiger charge is -2.29. The number of rotatable bonds is 4. The van der Waals surface area contributed by atoms with Gasteiger partial charge in [-0.1, -0.05) is 31.0 Å². The second kappa shape index (κ2) is 7.36. The molecule has 0 bridgehead atoms. The van der Waals surface area contributed by atoms with Crippen LogP contribution in [-0.4, -0.2) is 23.3 Å². The Morgan fingerprint density at radius 3 is 2.96 bits per heavy atom. The van der Waals surface area contributed by atoms with E-state index < -0.39 is 0 Å². The molecule has 2 heterocycles. The first-order valence-electron chi connectivity index (χ1n) is 8.02. The van der Waals surface area contributed by atoms with Crippen LogP contribution in [0.25, 0.3) is 0 Å². The highest BCUT2D eigenvalue weighted by Crippen LogP contribution is 2.39. The average Bonchev–Trinajstić information content (AvgIpc) is 3.03. The van der Waals surface area contributed by atoms with E-state index in [4.69, 9.17) is 11.6 Å². The fraction of sp³-hybridized carbons (Fsp3) is 0.333. The molecule has 24 heavy (non-hydrogen) atoms. The zero-order valence-corrected chi connectivity index (χ0v) is 15.0. The number of benzene rings is 1. The lowest BCUT2D eigenvalue weighted by molar-refractivity contribution is -0.136. The number of amides is 2. The van der Waals surface area contributed by atoms with Crippen LogP contribution in [0.5, 0.6) is 0 Å². The predicted molar refractivity (Wildman–Crippen MR) is 97.5 cm³/mol. The lowest BCUT2D eigenvalue weighted by atomic mass is 10.0. The Balaban J connectivity index is 2.09. The SMILES string of the molecule is CCCCC(=O)N1CC(=O)Nc2ccc(Cl)cc2C1c1cccs1. The molecule has 1 N–H and O–H groups in total. The first kappa shape index (κ1) is 17.0. The zero-order valence-electron chi connectivity index (χ0n) is 13.4. The number of carbonyl (C=O) groups excluding carboxylic acids is 2. The van der Waals surface area contributed by atoms with Gasteiger partial charge in [0.25, 0.3) is 0 Å². The summed E-state index contributed by atoms with van der Waals surface area (Å²) in [5.41, 5.74) is 1.58. The first-order valence-corrected chi connectivity index (χ1v) is 9.28. The summed E-state index contributed by atoms with van der Waals surface area (Å²) in [4.78, 5) is 27.8. The number of nitrogens with one attached hydrogen (secondary N) is 1. The molecule has 0 radical (unpaired) electrons. The molecule has 1 unspecified atom stereocenters. The van der Waals surface area contributed by atoms with Crippen molar-refractivity contribution in [1.29, 1.82) is 0 Å². The van der Waals surface area contributed by atoms with Crippen molar-refractivity contribution in [3.63, 3.8) is 0 Å². The number of fused-ring (bicyclic) bond motifs is 1. The molecule has 1 aliphatic heterocycles. The molecule has 1 aromatic heterocycles. The molecule has 4 nitrogen and oxygen atoms in total. The van der Waals surface area contributed by atoms with Gasteiger partial charge in [-0.3, -0.25) is 9.59 Å². The molecule has 3 rings (SSSR count). The highest BCUT2D eigenvalue weighted by molar-refractivity contribution is 7.10. The number of hydrogen-bond acceptors (Lipinski definition) is 3. The highest BCUT2D eigenvalue weighted by Gasteiger charge is 2.33. The molecule has 0 saturated heterocycles. The Bertz CT molecular complexity index is 745. The number of halogens is 1. The third kappa shape index (κ3) is 3.47. The van der Waals surface area contributed by atoms with Crippen molar-refractivity contribution in [2.45, 2.75) is 32.2 Å². The number of carbonyl (C=O) groups is 2. The van der Waals surface area contributed by atoms with E-state index >= 15 is 0 Å². The maximum atomic E-state index is 12.8. The van der Waals surface area contributed by atoms with Crippen molar-refractivity contribution in [3.05, 3.63) is 51.2 Å². The van der Waals surface area contributed by atoms with Gasteiger partial charge in [0.2, 0.25) is 11.8 Å². The van der Waals surface area contributed by atoms with Crippen LogP contribution in [0.2, 0.25) is 5.02 Å². The van der Waals surface area contributed by atoms with Crippen molar-refractivity contribution < 1.29 is 9.59 Å². The van der Waals surface area contributed by atoms with Gasteiger partial charge in [-0.15, -0.1) is 11.3 Å². The van der Waals surface area contributed by atoms with E-state index in [0.717, 1.165) is 23.3 Å². The average molecular weight is 363 g/mol. The van der Waals surface area contributed by atoms with Gasteiger partial charge in [-0.05, 0) is 36.1 Å². The lowest BCUT2D eigenvalue weighted by Crippen LogP contribution is -2.38.